The molecule has 0 aliphatic rings. The third kappa shape index (κ3) is 5.34. The number of aryl methyl sites for hydroxylation is 1. The van der Waals surface area contributed by atoms with Gasteiger partial charge in [0.1, 0.15) is 11.6 Å². The van der Waals surface area contributed by atoms with Crippen molar-refractivity contribution in [1.29, 1.82) is 0 Å². The highest BCUT2D eigenvalue weighted by atomic mass is 35.5. The van der Waals surface area contributed by atoms with Crippen molar-refractivity contribution in [3.63, 3.8) is 0 Å². The molecule has 0 unspecified atom stereocenters. The number of unbranched alkanes of at least 4 members (excludes halogenated alkanes) is 1. The van der Waals surface area contributed by atoms with Gasteiger partial charge in [-0.3, -0.25) is 0 Å². The molecule has 0 aliphatic heterocycles. The first-order valence-electron chi connectivity index (χ1n) is 9.43. The van der Waals surface area contributed by atoms with Crippen molar-refractivity contribution in [3.8, 4) is 0 Å². The third-order valence-corrected chi connectivity index (χ3v) is 5.87. The van der Waals surface area contributed by atoms with Crippen LogP contribution >= 0.6 is 22.9 Å². The van der Waals surface area contributed by atoms with Crippen molar-refractivity contribution in [2.45, 2.75) is 39.2 Å². The number of aromatic nitrogens is 2. The maximum atomic E-state index is 14.4. The smallest absolute Gasteiger partial charge is 0.332 e. The minimum atomic E-state index is -0.981. The number of halogens is 2. The first-order chi connectivity index (χ1) is 14.0. The predicted molar refractivity (Wildman–Crippen MR) is 115 cm³/mol. The van der Waals surface area contributed by atoms with E-state index in [1.807, 2.05) is 22.1 Å². The SMILES string of the molecule is CCCCc1ncc(/C=C(\Cc2cccs2)C(=O)O)n1Cc1c(F)cccc1Cl. The molecule has 3 rings (SSSR count). The van der Waals surface area contributed by atoms with Gasteiger partial charge in [0.25, 0.3) is 0 Å². The van der Waals surface area contributed by atoms with Gasteiger partial charge in [-0.05, 0) is 36.1 Å². The molecule has 29 heavy (non-hydrogen) atoms. The highest BCUT2D eigenvalue weighted by Gasteiger charge is 2.16. The topological polar surface area (TPSA) is 55.1 Å². The quantitative estimate of drug-likeness (QED) is 0.432. The molecule has 2 heterocycles. The van der Waals surface area contributed by atoms with E-state index in [0.717, 1.165) is 30.0 Å². The number of hydrogen-bond donors (Lipinski definition) is 1. The fourth-order valence-electron chi connectivity index (χ4n) is 3.07. The van der Waals surface area contributed by atoms with Crippen LogP contribution < -0.4 is 0 Å². The van der Waals surface area contributed by atoms with Crippen molar-refractivity contribution in [2.75, 3.05) is 0 Å². The number of benzene rings is 1. The Morgan fingerprint density at radius 2 is 2.17 bits per heavy atom. The van der Waals surface area contributed by atoms with Gasteiger partial charge in [0.2, 0.25) is 0 Å². The lowest BCUT2D eigenvalue weighted by Gasteiger charge is -2.13. The molecule has 7 heteroatoms. The summed E-state index contributed by atoms with van der Waals surface area (Å²) in [5, 5.41) is 11.9. The lowest BCUT2D eigenvalue weighted by molar-refractivity contribution is -0.132. The van der Waals surface area contributed by atoms with Gasteiger partial charge in [0, 0.05) is 33.9 Å². The Morgan fingerprint density at radius 1 is 1.34 bits per heavy atom. The third-order valence-electron chi connectivity index (χ3n) is 4.64. The minimum absolute atomic E-state index is 0.197. The lowest BCUT2D eigenvalue weighted by Crippen LogP contribution is -2.10. The Kier molecular flexibility index (Phi) is 7.23. The maximum absolute atomic E-state index is 14.4. The molecule has 0 saturated heterocycles. The van der Waals surface area contributed by atoms with Gasteiger partial charge >= 0.3 is 5.97 Å². The first-order valence-corrected chi connectivity index (χ1v) is 10.7. The summed E-state index contributed by atoms with van der Waals surface area (Å²) in [5.74, 6) is -0.580. The summed E-state index contributed by atoms with van der Waals surface area (Å²) >= 11 is 7.74. The molecule has 4 nitrogen and oxygen atoms in total. The fraction of sp³-hybridized carbons (Fsp3) is 0.273. The van der Waals surface area contributed by atoms with Crippen LogP contribution in [0.2, 0.25) is 5.02 Å². The summed E-state index contributed by atoms with van der Waals surface area (Å²) in [7, 11) is 0. The van der Waals surface area contributed by atoms with Crippen LogP contribution in [-0.4, -0.2) is 20.6 Å². The number of carbonyl (C=O) groups is 1. The van der Waals surface area contributed by atoms with Gasteiger partial charge in [-0.2, -0.15) is 0 Å². The molecule has 2 aromatic heterocycles. The summed E-state index contributed by atoms with van der Waals surface area (Å²) in [4.78, 5) is 17.3. The molecule has 1 aromatic carbocycles. The van der Waals surface area contributed by atoms with E-state index < -0.39 is 5.97 Å². The van der Waals surface area contributed by atoms with Crippen molar-refractivity contribution in [1.82, 2.24) is 9.55 Å². The van der Waals surface area contributed by atoms with Crippen LogP contribution in [0.25, 0.3) is 6.08 Å². The highest BCUT2D eigenvalue weighted by Crippen LogP contribution is 2.24. The van der Waals surface area contributed by atoms with Gasteiger partial charge in [-0.25, -0.2) is 14.2 Å². The second kappa shape index (κ2) is 9.85. The molecule has 0 saturated carbocycles. The van der Waals surface area contributed by atoms with Crippen LogP contribution in [0.3, 0.4) is 0 Å². The maximum Gasteiger partial charge on any atom is 0.332 e. The predicted octanol–water partition coefficient (Wildman–Crippen LogP) is 5.84. The Labute approximate surface area is 178 Å². The zero-order chi connectivity index (χ0) is 20.8. The minimum Gasteiger partial charge on any atom is -0.478 e. The molecule has 0 radical (unpaired) electrons. The zero-order valence-corrected chi connectivity index (χ0v) is 17.6. The fourth-order valence-corrected chi connectivity index (χ4v) is 4.02. The lowest BCUT2D eigenvalue weighted by atomic mass is 10.1. The largest absolute Gasteiger partial charge is 0.478 e. The Balaban J connectivity index is 2.01. The summed E-state index contributed by atoms with van der Waals surface area (Å²) < 4.78 is 16.2. The Bertz CT molecular complexity index is 992. The van der Waals surface area contributed by atoms with Gasteiger partial charge in [0.05, 0.1) is 18.4 Å². The zero-order valence-electron chi connectivity index (χ0n) is 16.1. The molecule has 0 spiro atoms. The highest BCUT2D eigenvalue weighted by molar-refractivity contribution is 7.09. The molecule has 152 valence electrons. The van der Waals surface area contributed by atoms with E-state index in [4.69, 9.17) is 11.6 Å². The average molecular weight is 433 g/mol. The number of hydrogen-bond acceptors (Lipinski definition) is 3. The van der Waals surface area contributed by atoms with E-state index in [1.54, 1.807) is 24.4 Å². The number of carboxylic acids is 1. The molecule has 1 N–H and O–H groups in total. The van der Waals surface area contributed by atoms with E-state index in [1.165, 1.54) is 17.4 Å². The Hall–Kier alpha value is -2.44. The van der Waals surface area contributed by atoms with Gasteiger partial charge in [-0.1, -0.05) is 37.1 Å². The van der Waals surface area contributed by atoms with Crippen LogP contribution in [0.5, 0.6) is 0 Å². The van der Waals surface area contributed by atoms with Crippen LogP contribution in [0.1, 0.15) is 41.7 Å². The summed E-state index contributed by atoms with van der Waals surface area (Å²) in [5.41, 5.74) is 1.26. The first kappa shape index (κ1) is 21.3. The van der Waals surface area contributed by atoms with Crippen molar-refractivity contribution in [3.05, 3.63) is 80.3 Å². The number of thiophene rings is 1. The molecule has 0 aliphatic carbocycles. The molecular formula is C22H22ClFN2O2S. The summed E-state index contributed by atoms with van der Waals surface area (Å²) in [6, 6.07) is 8.39. The summed E-state index contributed by atoms with van der Waals surface area (Å²) in [6.45, 7) is 2.29. The van der Waals surface area contributed by atoms with Gasteiger partial charge in [0.15, 0.2) is 0 Å². The van der Waals surface area contributed by atoms with Crippen molar-refractivity contribution < 1.29 is 14.3 Å². The molecule has 0 bridgehead atoms. The van der Waals surface area contributed by atoms with E-state index in [-0.39, 0.29) is 17.9 Å². The van der Waals surface area contributed by atoms with E-state index in [0.29, 0.717) is 22.7 Å². The van der Waals surface area contributed by atoms with Crippen LogP contribution in [-0.2, 0) is 24.2 Å². The Morgan fingerprint density at radius 3 is 2.83 bits per heavy atom. The van der Waals surface area contributed by atoms with E-state index in [2.05, 4.69) is 11.9 Å². The van der Waals surface area contributed by atoms with Crippen molar-refractivity contribution in [2.24, 2.45) is 0 Å². The molecule has 0 amide bonds. The number of imidazole rings is 1. The van der Waals surface area contributed by atoms with E-state index in [9.17, 15) is 14.3 Å². The number of aliphatic carboxylic acids is 1. The van der Waals surface area contributed by atoms with Crippen LogP contribution in [0.4, 0.5) is 4.39 Å². The van der Waals surface area contributed by atoms with Gasteiger partial charge in [-0.15, -0.1) is 11.3 Å². The number of carboxylic acid groups (broad SMARTS) is 1. The van der Waals surface area contributed by atoms with Crippen LogP contribution in [0, 0.1) is 5.82 Å². The molecule has 3 aromatic rings. The number of nitrogens with zero attached hydrogens (tertiary/aromatic N) is 2. The van der Waals surface area contributed by atoms with Gasteiger partial charge < -0.3 is 9.67 Å². The second-order valence-electron chi connectivity index (χ2n) is 6.72. The average Bonchev–Trinajstić information content (AvgIpc) is 3.33. The molecule has 0 atom stereocenters. The number of rotatable bonds is 9. The monoisotopic (exact) mass is 432 g/mol. The molecular weight excluding hydrogens is 411 g/mol. The normalized spacial score (nSPS) is 11.8. The van der Waals surface area contributed by atoms with Crippen molar-refractivity contribution >= 4 is 35.0 Å². The van der Waals surface area contributed by atoms with Crippen LogP contribution in [0.15, 0.2) is 47.5 Å². The summed E-state index contributed by atoms with van der Waals surface area (Å²) in [6.07, 6.45) is 6.26. The second-order valence-corrected chi connectivity index (χ2v) is 8.16. The standard InChI is InChI=1S/C22H22ClFN2O2S/c1-2-3-9-21-25-13-16(11-15(22(27)28)12-17-6-5-10-29-17)26(21)14-18-19(23)7-4-8-20(18)24/h4-8,10-11,13H,2-3,9,12,14H2,1H3,(H,27,28)/b15-11+. The molecule has 0 fully saturated rings. The van der Waals surface area contributed by atoms with E-state index >= 15 is 0 Å².